The van der Waals surface area contributed by atoms with Gasteiger partial charge in [-0.25, -0.2) is 4.39 Å². The summed E-state index contributed by atoms with van der Waals surface area (Å²) in [5.74, 6) is -0.156. The van der Waals surface area contributed by atoms with Crippen LogP contribution in [0.2, 0.25) is 0 Å². The Morgan fingerprint density at radius 2 is 2.16 bits per heavy atom. The third-order valence-corrected chi connectivity index (χ3v) is 3.94. The number of hydrogen-bond donors (Lipinski definition) is 1. The van der Waals surface area contributed by atoms with Crippen LogP contribution in [-0.4, -0.2) is 30.4 Å². The largest absolute Gasteiger partial charge is 0.342 e. The van der Waals surface area contributed by atoms with Crippen LogP contribution in [0.25, 0.3) is 0 Å². The monoisotopic (exact) mass is 328 g/mol. The molecule has 1 aromatic carbocycles. The Morgan fingerprint density at radius 3 is 2.84 bits per heavy atom. The summed E-state index contributed by atoms with van der Waals surface area (Å²) < 4.78 is 14.5. The third-order valence-electron chi connectivity index (χ3n) is 3.44. The molecule has 1 atom stereocenters. The molecule has 0 aliphatic carbocycles. The average molecular weight is 329 g/mol. The van der Waals surface area contributed by atoms with E-state index >= 15 is 0 Å². The van der Waals surface area contributed by atoms with Gasteiger partial charge in [0.25, 0.3) is 0 Å². The minimum Gasteiger partial charge on any atom is -0.342 e. The van der Waals surface area contributed by atoms with Gasteiger partial charge in [0.05, 0.1) is 6.54 Å². The van der Waals surface area contributed by atoms with Crippen LogP contribution < -0.4 is 5.32 Å². The number of benzene rings is 1. The number of halogens is 2. The highest BCUT2D eigenvalue weighted by Gasteiger charge is 2.19. The molecular formula is C14H18BrFN2O. The molecule has 1 unspecified atom stereocenters. The first-order chi connectivity index (χ1) is 9.08. The van der Waals surface area contributed by atoms with Crippen LogP contribution in [0, 0.1) is 5.82 Å². The zero-order valence-corrected chi connectivity index (χ0v) is 12.5. The van der Waals surface area contributed by atoms with Gasteiger partial charge in [-0.05, 0) is 38.0 Å². The summed E-state index contributed by atoms with van der Waals surface area (Å²) in [6.45, 7) is 3.81. The molecule has 1 fully saturated rings. The van der Waals surface area contributed by atoms with Crippen LogP contribution in [0.3, 0.4) is 0 Å². The molecule has 1 aliphatic rings. The van der Waals surface area contributed by atoms with Gasteiger partial charge in [0.15, 0.2) is 0 Å². The highest BCUT2D eigenvalue weighted by Crippen LogP contribution is 2.21. The van der Waals surface area contributed by atoms with Crippen molar-refractivity contribution in [3.05, 3.63) is 34.1 Å². The number of nitrogens with zero attached hydrogens (tertiary/aromatic N) is 1. The van der Waals surface area contributed by atoms with E-state index in [4.69, 9.17) is 0 Å². The number of amides is 1. The van der Waals surface area contributed by atoms with Crippen molar-refractivity contribution in [3.63, 3.8) is 0 Å². The second-order valence-corrected chi connectivity index (χ2v) is 5.77. The molecule has 0 spiro atoms. The highest BCUT2D eigenvalue weighted by molar-refractivity contribution is 9.10. The van der Waals surface area contributed by atoms with Gasteiger partial charge < -0.3 is 10.2 Å². The van der Waals surface area contributed by atoms with Gasteiger partial charge in [-0.1, -0.05) is 15.9 Å². The van der Waals surface area contributed by atoms with Gasteiger partial charge in [-0.2, -0.15) is 0 Å². The summed E-state index contributed by atoms with van der Waals surface area (Å²) in [7, 11) is 0. The molecule has 5 heteroatoms. The van der Waals surface area contributed by atoms with Crippen LogP contribution in [0.5, 0.6) is 0 Å². The molecule has 1 N–H and O–H groups in total. The van der Waals surface area contributed by atoms with Crippen molar-refractivity contribution < 1.29 is 9.18 Å². The maximum Gasteiger partial charge on any atom is 0.236 e. The molecule has 2 rings (SSSR count). The molecule has 0 radical (unpaired) electrons. The summed E-state index contributed by atoms with van der Waals surface area (Å²) in [4.78, 5) is 13.8. The van der Waals surface area contributed by atoms with Crippen molar-refractivity contribution in [2.24, 2.45) is 0 Å². The van der Waals surface area contributed by atoms with E-state index in [2.05, 4.69) is 21.2 Å². The maximum atomic E-state index is 13.7. The Kier molecular flexibility index (Phi) is 4.93. The lowest BCUT2D eigenvalue weighted by Gasteiger charge is -2.19. The summed E-state index contributed by atoms with van der Waals surface area (Å²) in [6, 6.07) is 4.65. The predicted molar refractivity (Wildman–Crippen MR) is 76.3 cm³/mol. The molecule has 1 heterocycles. The Labute approximate surface area is 121 Å². The number of carbonyl (C=O) groups excluding carboxylic acids is 1. The van der Waals surface area contributed by atoms with E-state index in [0.29, 0.717) is 5.56 Å². The van der Waals surface area contributed by atoms with E-state index < -0.39 is 0 Å². The number of nitrogens with one attached hydrogen (secondary N) is 1. The quantitative estimate of drug-likeness (QED) is 0.921. The molecular weight excluding hydrogens is 311 g/mol. The molecule has 1 amide bonds. The fourth-order valence-corrected chi connectivity index (χ4v) is 2.65. The molecule has 104 valence electrons. The Hall–Kier alpha value is -0.940. The third kappa shape index (κ3) is 3.76. The van der Waals surface area contributed by atoms with E-state index in [9.17, 15) is 9.18 Å². The molecule has 1 saturated heterocycles. The SMILES string of the molecule is CC(NCC(=O)N1CCCC1)c1cc(Br)ccc1F. The van der Waals surface area contributed by atoms with Crippen molar-refractivity contribution >= 4 is 21.8 Å². The highest BCUT2D eigenvalue weighted by atomic mass is 79.9. The van der Waals surface area contributed by atoms with Gasteiger partial charge in [0.1, 0.15) is 5.82 Å². The first-order valence-electron chi connectivity index (χ1n) is 6.54. The summed E-state index contributed by atoms with van der Waals surface area (Å²) in [5, 5.41) is 3.09. The molecule has 0 saturated carbocycles. The smallest absolute Gasteiger partial charge is 0.236 e. The Balaban J connectivity index is 1.91. The van der Waals surface area contributed by atoms with Crippen molar-refractivity contribution in [2.45, 2.75) is 25.8 Å². The van der Waals surface area contributed by atoms with E-state index in [-0.39, 0.29) is 24.3 Å². The second-order valence-electron chi connectivity index (χ2n) is 4.86. The van der Waals surface area contributed by atoms with Crippen molar-refractivity contribution in [1.82, 2.24) is 10.2 Å². The maximum absolute atomic E-state index is 13.7. The standard InChI is InChI=1S/C14H18BrFN2O/c1-10(12-8-11(15)4-5-13(12)16)17-9-14(19)18-6-2-3-7-18/h4-5,8,10,17H,2-3,6-7,9H2,1H3. The average Bonchev–Trinajstić information content (AvgIpc) is 2.92. The van der Waals surface area contributed by atoms with Gasteiger partial charge in [-0.15, -0.1) is 0 Å². The number of likely N-dealkylation sites (tertiary alicyclic amines) is 1. The molecule has 1 aliphatic heterocycles. The second kappa shape index (κ2) is 6.48. The van der Waals surface area contributed by atoms with Gasteiger partial charge in [0, 0.05) is 29.2 Å². The van der Waals surface area contributed by atoms with E-state index in [0.717, 1.165) is 30.4 Å². The van der Waals surface area contributed by atoms with E-state index in [1.807, 2.05) is 11.8 Å². The Bertz CT molecular complexity index is 461. The van der Waals surface area contributed by atoms with Crippen molar-refractivity contribution in [1.29, 1.82) is 0 Å². The summed E-state index contributed by atoms with van der Waals surface area (Å²) in [6.07, 6.45) is 2.17. The number of carbonyl (C=O) groups is 1. The summed E-state index contributed by atoms with van der Waals surface area (Å²) >= 11 is 3.33. The first kappa shape index (κ1) is 14.5. The van der Waals surface area contributed by atoms with Crippen LogP contribution in [-0.2, 0) is 4.79 Å². The van der Waals surface area contributed by atoms with E-state index in [1.54, 1.807) is 12.1 Å². The van der Waals surface area contributed by atoms with Crippen molar-refractivity contribution in [2.75, 3.05) is 19.6 Å². The lowest BCUT2D eigenvalue weighted by Crippen LogP contribution is -2.37. The lowest BCUT2D eigenvalue weighted by molar-refractivity contribution is -0.129. The number of hydrogen-bond acceptors (Lipinski definition) is 2. The molecule has 19 heavy (non-hydrogen) atoms. The Morgan fingerprint density at radius 1 is 1.47 bits per heavy atom. The molecule has 0 aromatic heterocycles. The minimum absolute atomic E-state index is 0.0970. The first-order valence-corrected chi connectivity index (χ1v) is 7.33. The van der Waals surface area contributed by atoms with Crippen LogP contribution in [0.1, 0.15) is 31.4 Å². The summed E-state index contributed by atoms with van der Waals surface area (Å²) in [5.41, 5.74) is 0.573. The number of rotatable bonds is 4. The van der Waals surface area contributed by atoms with Gasteiger partial charge >= 0.3 is 0 Å². The van der Waals surface area contributed by atoms with Gasteiger partial charge in [0.2, 0.25) is 5.91 Å². The lowest BCUT2D eigenvalue weighted by atomic mass is 10.1. The molecule has 3 nitrogen and oxygen atoms in total. The van der Waals surface area contributed by atoms with Gasteiger partial charge in [-0.3, -0.25) is 4.79 Å². The van der Waals surface area contributed by atoms with Crippen molar-refractivity contribution in [3.8, 4) is 0 Å². The van der Waals surface area contributed by atoms with Crippen LogP contribution in [0.4, 0.5) is 4.39 Å². The van der Waals surface area contributed by atoms with Crippen LogP contribution >= 0.6 is 15.9 Å². The zero-order chi connectivity index (χ0) is 13.8. The zero-order valence-electron chi connectivity index (χ0n) is 11.0. The minimum atomic E-state index is -0.253. The topological polar surface area (TPSA) is 32.3 Å². The fourth-order valence-electron chi connectivity index (χ4n) is 2.28. The molecule has 0 bridgehead atoms. The van der Waals surface area contributed by atoms with E-state index in [1.165, 1.54) is 6.07 Å². The normalized spacial score (nSPS) is 16.7. The fraction of sp³-hybridized carbons (Fsp3) is 0.500. The molecule has 1 aromatic rings. The van der Waals surface area contributed by atoms with Crippen LogP contribution in [0.15, 0.2) is 22.7 Å². The predicted octanol–water partition coefficient (Wildman–Crippen LogP) is 2.86.